The van der Waals surface area contributed by atoms with Gasteiger partial charge in [-0.2, -0.15) is 26.3 Å². The molecule has 142 valence electrons. The number of rotatable bonds is 6. The van der Waals surface area contributed by atoms with Gasteiger partial charge in [0.05, 0.1) is 4.90 Å². The summed E-state index contributed by atoms with van der Waals surface area (Å²) in [5.41, 5.74) is -0.929. The number of Topliss-reactive ketones (excluding diaryl/α,β-unsaturated/α-hetero) is 1. The van der Waals surface area contributed by atoms with Gasteiger partial charge in [-0.1, -0.05) is 0 Å². The lowest BCUT2D eigenvalue weighted by molar-refractivity contribution is -0.255. The van der Waals surface area contributed by atoms with Crippen LogP contribution in [-0.4, -0.2) is 42.7 Å². The van der Waals surface area contributed by atoms with Crippen LogP contribution in [0.5, 0.6) is 0 Å². The van der Waals surface area contributed by atoms with Gasteiger partial charge in [0.15, 0.2) is 0 Å². The van der Waals surface area contributed by atoms with Crippen molar-refractivity contribution in [2.75, 3.05) is 0 Å². The highest BCUT2D eigenvalue weighted by molar-refractivity contribution is 7.89. The average molecular weight is 387 g/mol. The largest absolute Gasteiger partial charge is 0.461 e. The standard InChI is InChI=1S/C15H18F5NO3S/c1-9(2)21(10(3)4)25(23,24)12-7-5-11(6-8-12)13(22)14(16,17)15(18,19)20/h5-10H,1-4H3. The van der Waals surface area contributed by atoms with Crippen LogP contribution >= 0.6 is 0 Å². The van der Waals surface area contributed by atoms with Crippen LogP contribution < -0.4 is 0 Å². The highest BCUT2D eigenvalue weighted by Crippen LogP contribution is 2.38. The minimum absolute atomic E-state index is 0.304. The van der Waals surface area contributed by atoms with Crippen LogP contribution in [0.1, 0.15) is 38.1 Å². The van der Waals surface area contributed by atoms with Gasteiger partial charge in [0.1, 0.15) is 0 Å². The van der Waals surface area contributed by atoms with E-state index in [1.165, 1.54) is 0 Å². The summed E-state index contributed by atoms with van der Waals surface area (Å²) in [4.78, 5) is 11.1. The second kappa shape index (κ2) is 6.99. The van der Waals surface area contributed by atoms with E-state index < -0.39 is 45.6 Å². The van der Waals surface area contributed by atoms with Gasteiger partial charge in [-0.15, -0.1) is 0 Å². The Hall–Kier alpha value is -1.55. The monoisotopic (exact) mass is 387 g/mol. The van der Waals surface area contributed by atoms with Gasteiger partial charge >= 0.3 is 12.1 Å². The SMILES string of the molecule is CC(C)N(C(C)C)S(=O)(=O)c1ccc(C(=O)C(F)(F)C(F)(F)F)cc1. The zero-order valence-corrected chi connectivity index (χ0v) is 14.8. The third kappa shape index (κ3) is 4.17. The highest BCUT2D eigenvalue weighted by atomic mass is 32.2. The summed E-state index contributed by atoms with van der Waals surface area (Å²) < 4.78 is 89.2. The van der Waals surface area contributed by atoms with Crippen molar-refractivity contribution in [1.29, 1.82) is 0 Å². The van der Waals surface area contributed by atoms with E-state index in [4.69, 9.17) is 0 Å². The van der Waals surface area contributed by atoms with E-state index in [9.17, 15) is 35.2 Å². The van der Waals surface area contributed by atoms with Crippen molar-refractivity contribution in [2.45, 2.75) is 56.8 Å². The fourth-order valence-corrected chi connectivity index (χ4v) is 4.19. The molecule has 0 aliphatic heterocycles. The first-order chi connectivity index (χ1) is 11.1. The Morgan fingerprint density at radius 2 is 1.32 bits per heavy atom. The van der Waals surface area contributed by atoms with E-state index in [1.807, 2.05) is 0 Å². The molecule has 25 heavy (non-hydrogen) atoms. The summed E-state index contributed by atoms with van der Waals surface area (Å²) in [6, 6.07) is 2.17. The van der Waals surface area contributed by atoms with E-state index >= 15 is 0 Å². The van der Waals surface area contributed by atoms with Crippen LogP contribution in [0.2, 0.25) is 0 Å². The second-order valence-corrected chi connectivity index (χ2v) is 7.79. The number of halogens is 5. The predicted octanol–water partition coefficient (Wildman–Crippen LogP) is 3.87. The fraction of sp³-hybridized carbons (Fsp3) is 0.533. The molecule has 0 aliphatic carbocycles. The number of nitrogens with zero attached hydrogens (tertiary/aromatic N) is 1. The normalized spacial score (nSPS) is 13.8. The van der Waals surface area contributed by atoms with Crippen LogP contribution in [-0.2, 0) is 10.0 Å². The van der Waals surface area contributed by atoms with Gasteiger partial charge < -0.3 is 0 Å². The van der Waals surface area contributed by atoms with Crippen molar-refractivity contribution >= 4 is 15.8 Å². The minimum atomic E-state index is -6.03. The number of carbonyl (C=O) groups is 1. The topological polar surface area (TPSA) is 54.5 Å². The van der Waals surface area contributed by atoms with Crippen molar-refractivity contribution in [2.24, 2.45) is 0 Å². The van der Waals surface area contributed by atoms with Crippen molar-refractivity contribution in [3.8, 4) is 0 Å². The van der Waals surface area contributed by atoms with Gasteiger partial charge in [0.25, 0.3) is 0 Å². The molecular formula is C15H18F5NO3S. The van der Waals surface area contributed by atoms with Crippen molar-refractivity contribution in [3.63, 3.8) is 0 Å². The first-order valence-electron chi connectivity index (χ1n) is 7.27. The Labute approximate surface area is 142 Å². The molecule has 0 spiro atoms. The molecule has 0 bridgehead atoms. The van der Waals surface area contributed by atoms with Gasteiger partial charge in [0, 0.05) is 17.6 Å². The Morgan fingerprint density at radius 3 is 1.64 bits per heavy atom. The van der Waals surface area contributed by atoms with E-state index in [0.29, 0.717) is 12.1 Å². The van der Waals surface area contributed by atoms with Crippen LogP contribution in [0.3, 0.4) is 0 Å². The number of hydrogen-bond donors (Lipinski definition) is 0. The summed E-state index contributed by atoms with van der Waals surface area (Å²) in [7, 11) is -3.99. The zero-order valence-electron chi connectivity index (χ0n) is 13.9. The molecule has 0 saturated heterocycles. The fourth-order valence-electron chi connectivity index (χ4n) is 2.36. The molecule has 4 nitrogen and oxygen atoms in total. The van der Waals surface area contributed by atoms with Crippen LogP contribution in [0.15, 0.2) is 29.2 Å². The average Bonchev–Trinajstić information content (AvgIpc) is 2.44. The summed E-state index contributed by atoms with van der Waals surface area (Å²) in [5.74, 6) is -7.98. The Balaban J connectivity index is 3.26. The van der Waals surface area contributed by atoms with E-state index in [0.717, 1.165) is 16.4 Å². The quantitative estimate of drug-likeness (QED) is 0.550. The van der Waals surface area contributed by atoms with Crippen molar-refractivity contribution < 1.29 is 35.2 Å². The lowest BCUT2D eigenvalue weighted by Crippen LogP contribution is -2.44. The molecule has 1 rings (SSSR count). The maximum absolute atomic E-state index is 13.1. The Bertz CT molecular complexity index is 717. The molecule has 0 atom stereocenters. The summed E-state index contributed by atoms with van der Waals surface area (Å²) in [6.45, 7) is 6.55. The zero-order chi connectivity index (χ0) is 19.8. The van der Waals surface area contributed by atoms with Gasteiger partial charge in [-0.25, -0.2) is 8.42 Å². The second-order valence-electron chi connectivity index (χ2n) is 5.95. The molecule has 0 aromatic heterocycles. The number of ketones is 1. The lowest BCUT2D eigenvalue weighted by atomic mass is 10.1. The third-order valence-electron chi connectivity index (χ3n) is 3.35. The molecule has 0 unspecified atom stereocenters. The van der Waals surface area contributed by atoms with Crippen molar-refractivity contribution in [3.05, 3.63) is 29.8 Å². The summed E-state index contributed by atoms with van der Waals surface area (Å²) in [5, 5.41) is 0. The molecular weight excluding hydrogens is 369 g/mol. The first-order valence-corrected chi connectivity index (χ1v) is 8.71. The Morgan fingerprint density at radius 1 is 0.920 bits per heavy atom. The van der Waals surface area contributed by atoms with E-state index in [2.05, 4.69) is 0 Å². The third-order valence-corrected chi connectivity index (χ3v) is 5.62. The molecule has 0 saturated carbocycles. The number of hydrogen-bond acceptors (Lipinski definition) is 3. The number of sulfonamides is 1. The van der Waals surface area contributed by atoms with Gasteiger partial charge in [-0.05, 0) is 52.0 Å². The van der Waals surface area contributed by atoms with Crippen LogP contribution in [0.4, 0.5) is 22.0 Å². The Kier molecular flexibility index (Phi) is 6.01. The van der Waals surface area contributed by atoms with Crippen molar-refractivity contribution in [1.82, 2.24) is 4.31 Å². The molecule has 0 N–H and O–H groups in total. The number of alkyl halides is 5. The molecule has 1 aromatic carbocycles. The smallest absolute Gasteiger partial charge is 0.287 e. The number of carbonyl (C=O) groups excluding carboxylic acids is 1. The summed E-state index contributed by atoms with van der Waals surface area (Å²) >= 11 is 0. The molecule has 0 radical (unpaired) electrons. The highest BCUT2D eigenvalue weighted by Gasteiger charge is 2.63. The predicted molar refractivity (Wildman–Crippen MR) is 81.1 cm³/mol. The first kappa shape index (κ1) is 21.5. The van der Waals surface area contributed by atoms with Gasteiger partial charge in [0.2, 0.25) is 15.8 Å². The maximum Gasteiger partial charge on any atom is 0.461 e. The molecule has 0 amide bonds. The molecule has 0 fully saturated rings. The van der Waals surface area contributed by atoms with Crippen LogP contribution in [0, 0.1) is 0 Å². The van der Waals surface area contributed by atoms with Gasteiger partial charge in [-0.3, -0.25) is 4.79 Å². The molecule has 10 heteroatoms. The molecule has 0 aliphatic rings. The molecule has 1 aromatic rings. The summed E-state index contributed by atoms with van der Waals surface area (Å²) in [6.07, 6.45) is -6.03. The lowest BCUT2D eigenvalue weighted by Gasteiger charge is -2.29. The minimum Gasteiger partial charge on any atom is -0.287 e. The van der Waals surface area contributed by atoms with E-state index in [1.54, 1.807) is 27.7 Å². The maximum atomic E-state index is 13.1. The number of benzene rings is 1. The van der Waals surface area contributed by atoms with Crippen LogP contribution in [0.25, 0.3) is 0 Å². The van der Waals surface area contributed by atoms with E-state index in [-0.39, 0.29) is 4.90 Å². The molecule has 0 heterocycles.